The second-order valence-corrected chi connectivity index (χ2v) is 10.1. The molecule has 8 nitrogen and oxygen atoms in total. The van der Waals surface area contributed by atoms with Crippen molar-refractivity contribution in [2.45, 2.75) is 24.3 Å². The molecule has 35 heavy (non-hydrogen) atoms. The molecule has 0 aromatic heterocycles. The quantitative estimate of drug-likeness (QED) is 0.392. The predicted molar refractivity (Wildman–Crippen MR) is 135 cm³/mol. The van der Waals surface area contributed by atoms with Crippen LogP contribution in [-0.4, -0.2) is 49.7 Å². The zero-order chi connectivity index (χ0) is 25.8. The average molecular weight is 515 g/mol. The van der Waals surface area contributed by atoms with Gasteiger partial charge < -0.3 is 15.1 Å². The molecule has 10 heteroatoms. The van der Waals surface area contributed by atoms with Gasteiger partial charge in [0.05, 0.1) is 23.5 Å². The summed E-state index contributed by atoms with van der Waals surface area (Å²) in [5, 5.41) is 20.2. The number of hydrogen-bond donors (Lipinski definition) is 2. The van der Waals surface area contributed by atoms with Crippen molar-refractivity contribution in [2.24, 2.45) is 0 Å². The van der Waals surface area contributed by atoms with Crippen molar-refractivity contribution >= 4 is 55.7 Å². The second-order valence-electron chi connectivity index (χ2n) is 7.79. The number of halogens is 1. The maximum Gasteiger partial charge on any atom is 0.324 e. The molecule has 0 aliphatic rings. The first-order chi connectivity index (χ1) is 16.6. The van der Waals surface area contributed by atoms with Crippen molar-refractivity contribution in [1.29, 1.82) is 0 Å². The van der Waals surface area contributed by atoms with E-state index in [0.717, 1.165) is 4.31 Å². The lowest BCUT2D eigenvalue weighted by atomic mass is 10.0. The number of fused-ring (bicyclic) bond motifs is 1. The van der Waals surface area contributed by atoms with Crippen LogP contribution in [0.5, 0.6) is 0 Å². The van der Waals surface area contributed by atoms with E-state index in [1.807, 2.05) is 0 Å². The van der Waals surface area contributed by atoms with Gasteiger partial charge in [0.15, 0.2) is 0 Å². The van der Waals surface area contributed by atoms with E-state index in [2.05, 4.69) is 5.92 Å². The van der Waals surface area contributed by atoms with E-state index >= 15 is 0 Å². The molecule has 0 saturated heterocycles. The molecule has 2 N–H and O–H groups in total. The molecule has 3 aromatic carbocycles. The third kappa shape index (κ3) is 5.67. The lowest BCUT2D eigenvalue weighted by Gasteiger charge is -2.31. The summed E-state index contributed by atoms with van der Waals surface area (Å²) in [6.45, 7) is 1.05. The summed E-state index contributed by atoms with van der Waals surface area (Å²) in [6, 6.07) is 15.0. The third-order valence-electron chi connectivity index (χ3n) is 5.40. The minimum absolute atomic E-state index is 0.111. The van der Waals surface area contributed by atoms with Crippen LogP contribution < -0.4 is 9.21 Å². The number of nitrogens with zero attached hydrogens (tertiary/aromatic N) is 2. The maximum atomic E-state index is 13.5. The Balaban J connectivity index is 2.22. The van der Waals surface area contributed by atoms with E-state index in [0.29, 0.717) is 21.5 Å². The van der Waals surface area contributed by atoms with Gasteiger partial charge in [0.25, 0.3) is 10.0 Å². The van der Waals surface area contributed by atoms with Crippen LogP contribution >= 0.6 is 11.6 Å². The van der Waals surface area contributed by atoms with Gasteiger partial charge in [0, 0.05) is 27.5 Å². The molecular formula is C25H23ClN2O6S. The molecule has 0 unspecified atom stereocenters. The molecule has 0 spiro atoms. The molecule has 0 saturated carbocycles. The fourth-order valence-corrected chi connectivity index (χ4v) is 5.39. The number of hydrogen-bond acceptors (Lipinski definition) is 5. The van der Waals surface area contributed by atoms with Crippen LogP contribution in [0.25, 0.3) is 10.8 Å². The van der Waals surface area contributed by atoms with E-state index in [-0.39, 0.29) is 23.5 Å². The topological polar surface area (TPSA) is 115 Å². The highest BCUT2D eigenvalue weighted by Gasteiger charge is 2.29. The minimum atomic E-state index is -4.26. The van der Waals surface area contributed by atoms with Crippen LogP contribution in [-0.2, 0) is 19.6 Å². The first-order valence-corrected chi connectivity index (χ1v) is 12.3. The Morgan fingerprint density at radius 3 is 2.09 bits per heavy atom. The van der Waals surface area contributed by atoms with Gasteiger partial charge in [-0.3, -0.25) is 13.9 Å². The Hall–Kier alpha value is -3.74. The molecule has 1 atom stereocenters. The number of sulfonamides is 1. The van der Waals surface area contributed by atoms with E-state index in [4.69, 9.17) is 18.0 Å². The summed E-state index contributed by atoms with van der Waals surface area (Å²) in [7, 11) is -4.26. The van der Waals surface area contributed by atoms with Crippen molar-refractivity contribution in [2.75, 3.05) is 22.3 Å². The Morgan fingerprint density at radius 1 is 0.971 bits per heavy atom. The van der Waals surface area contributed by atoms with Crippen molar-refractivity contribution in [3.05, 3.63) is 65.7 Å². The number of carbonyl (C=O) groups is 2. The van der Waals surface area contributed by atoms with Crippen LogP contribution in [0.4, 0.5) is 11.4 Å². The van der Waals surface area contributed by atoms with Crippen LogP contribution in [0, 0.1) is 12.3 Å². The van der Waals surface area contributed by atoms with E-state index in [1.54, 1.807) is 42.2 Å². The number of benzene rings is 3. The Bertz CT molecular complexity index is 1400. The lowest BCUT2D eigenvalue weighted by Crippen LogP contribution is -2.37. The number of carboxylic acids is 2. The number of rotatable bonds is 10. The van der Waals surface area contributed by atoms with E-state index in [1.165, 1.54) is 30.3 Å². The van der Waals surface area contributed by atoms with Crippen molar-refractivity contribution in [1.82, 2.24) is 0 Å². The summed E-state index contributed by atoms with van der Waals surface area (Å²) in [6.07, 6.45) is 5.38. The van der Waals surface area contributed by atoms with Crippen LogP contribution in [0.1, 0.15) is 13.3 Å². The van der Waals surface area contributed by atoms with Gasteiger partial charge in [-0.15, -0.1) is 6.42 Å². The van der Waals surface area contributed by atoms with Crippen molar-refractivity contribution in [3.63, 3.8) is 0 Å². The fourth-order valence-electron chi connectivity index (χ4n) is 3.83. The fraction of sp³-hybridized carbons (Fsp3) is 0.200. The van der Waals surface area contributed by atoms with E-state index in [9.17, 15) is 28.2 Å². The van der Waals surface area contributed by atoms with Gasteiger partial charge in [0.2, 0.25) is 0 Å². The molecule has 0 bridgehead atoms. The van der Waals surface area contributed by atoms with Gasteiger partial charge in [0.1, 0.15) is 6.54 Å². The minimum Gasteiger partial charge on any atom is -0.481 e. The highest BCUT2D eigenvalue weighted by Crippen LogP contribution is 2.37. The summed E-state index contributed by atoms with van der Waals surface area (Å²) in [5.41, 5.74) is 0.767. The van der Waals surface area contributed by atoms with Gasteiger partial charge in [-0.1, -0.05) is 41.8 Å². The standard InChI is InChI=1S/C25H23ClN2O6S/c1-3-14-27(17(2)15-24(29)30)22-12-13-23(21-7-5-4-6-20(21)22)28(16-25(31)32)35(33,34)19-10-8-18(26)9-11-19/h1,4-13,17H,14-16H2,2H3,(H,29,30)(H,31,32)/t17-/m0/s1. The van der Waals surface area contributed by atoms with Crippen molar-refractivity contribution in [3.8, 4) is 12.3 Å². The summed E-state index contributed by atoms with van der Waals surface area (Å²) in [5.74, 6) is 0.219. The zero-order valence-corrected chi connectivity index (χ0v) is 20.3. The summed E-state index contributed by atoms with van der Waals surface area (Å²) >= 11 is 5.89. The summed E-state index contributed by atoms with van der Waals surface area (Å²) < 4.78 is 27.8. The van der Waals surface area contributed by atoms with Gasteiger partial charge in [-0.25, -0.2) is 8.42 Å². The first kappa shape index (κ1) is 25.9. The largest absolute Gasteiger partial charge is 0.481 e. The number of anilines is 2. The molecule has 0 heterocycles. The number of terminal acetylenes is 1. The Kier molecular flexibility index (Phi) is 7.89. The Morgan fingerprint density at radius 2 is 1.54 bits per heavy atom. The number of aliphatic carboxylic acids is 2. The van der Waals surface area contributed by atoms with Crippen LogP contribution in [0.3, 0.4) is 0 Å². The highest BCUT2D eigenvalue weighted by atomic mass is 35.5. The molecule has 0 amide bonds. The molecule has 0 aliphatic carbocycles. The lowest BCUT2D eigenvalue weighted by molar-refractivity contribution is -0.137. The Labute approximate surface area is 208 Å². The molecule has 0 fully saturated rings. The zero-order valence-electron chi connectivity index (χ0n) is 18.8. The van der Waals surface area contributed by atoms with Gasteiger partial charge >= 0.3 is 11.9 Å². The number of carboxylic acid groups (broad SMARTS) is 2. The van der Waals surface area contributed by atoms with Gasteiger partial charge in [-0.2, -0.15) is 0 Å². The highest BCUT2D eigenvalue weighted by molar-refractivity contribution is 7.92. The third-order valence-corrected chi connectivity index (χ3v) is 7.43. The summed E-state index contributed by atoms with van der Waals surface area (Å²) in [4.78, 5) is 24.6. The normalized spacial score (nSPS) is 12.0. The molecule has 182 valence electrons. The second kappa shape index (κ2) is 10.7. The average Bonchev–Trinajstić information content (AvgIpc) is 2.80. The molecule has 0 radical (unpaired) electrons. The molecule has 0 aliphatic heterocycles. The molecule has 3 aromatic rings. The van der Waals surface area contributed by atoms with Crippen LogP contribution in [0.2, 0.25) is 5.02 Å². The van der Waals surface area contributed by atoms with Crippen molar-refractivity contribution < 1.29 is 28.2 Å². The predicted octanol–water partition coefficient (Wildman–Crippen LogP) is 4.08. The molecular weight excluding hydrogens is 492 g/mol. The monoisotopic (exact) mass is 514 g/mol. The van der Waals surface area contributed by atoms with Crippen LogP contribution in [0.15, 0.2) is 65.6 Å². The first-order valence-electron chi connectivity index (χ1n) is 10.5. The van der Waals surface area contributed by atoms with Gasteiger partial charge in [-0.05, 0) is 43.3 Å². The smallest absolute Gasteiger partial charge is 0.324 e. The molecule has 3 rings (SSSR count). The SMILES string of the molecule is C#CCN(c1ccc(N(CC(=O)O)S(=O)(=O)c2ccc(Cl)cc2)c2ccccc12)[C@@H](C)CC(=O)O. The van der Waals surface area contributed by atoms with E-state index < -0.39 is 34.5 Å². The maximum absolute atomic E-state index is 13.5.